The van der Waals surface area contributed by atoms with E-state index in [0.717, 1.165) is 11.1 Å². The van der Waals surface area contributed by atoms with Crippen LogP contribution in [0, 0.1) is 0 Å². The van der Waals surface area contributed by atoms with Crippen LogP contribution in [0.2, 0.25) is 0 Å². The molecule has 2 N–H and O–H groups in total. The summed E-state index contributed by atoms with van der Waals surface area (Å²) in [4.78, 5) is 14.7. The standard InChI is InChI=1S/C19H22N2O2/c1-14-13-23-17(15-8-4-2-5-9-15)12-21(14)19(22)18(20)16-10-6-3-7-11-16/h2-11,14,17-18H,12-13,20H2,1H3/t14-,17+,18-/m1/s1. The number of rotatable bonds is 3. The number of amides is 1. The first kappa shape index (κ1) is 15.7. The molecule has 3 rings (SSSR count). The van der Waals surface area contributed by atoms with Crippen LogP contribution in [0.3, 0.4) is 0 Å². The highest BCUT2D eigenvalue weighted by atomic mass is 16.5. The molecule has 120 valence electrons. The van der Waals surface area contributed by atoms with Crippen molar-refractivity contribution in [1.82, 2.24) is 4.90 Å². The first-order valence-corrected chi connectivity index (χ1v) is 7.94. The van der Waals surface area contributed by atoms with Crippen molar-refractivity contribution in [3.63, 3.8) is 0 Å². The second-order valence-electron chi connectivity index (χ2n) is 5.96. The Bertz CT molecular complexity index is 645. The van der Waals surface area contributed by atoms with Gasteiger partial charge in [0.15, 0.2) is 0 Å². The van der Waals surface area contributed by atoms with Gasteiger partial charge in [0.2, 0.25) is 5.91 Å². The molecule has 3 atom stereocenters. The van der Waals surface area contributed by atoms with Crippen LogP contribution in [-0.2, 0) is 9.53 Å². The maximum atomic E-state index is 12.8. The van der Waals surface area contributed by atoms with Gasteiger partial charge in [0, 0.05) is 0 Å². The largest absolute Gasteiger partial charge is 0.370 e. The summed E-state index contributed by atoms with van der Waals surface area (Å²) >= 11 is 0. The summed E-state index contributed by atoms with van der Waals surface area (Å²) in [6.07, 6.45) is -0.0978. The number of morpholine rings is 1. The van der Waals surface area contributed by atoms with Gasteiger partial charge in [-0.1, -0.05) is 60.7 Å². The number of carbonyl (C=O) groups excluding carboxylic acids is 1. The second-order valence-corrected chi connectivity index (χ2v) is 5.96. The zero-order valence-electron chi connectivity index (χ0n) is 13.3. The molecule has 0 saturated carbocycles. The number of nitrogens with zero attached hydrogens (tertiary/aromatic N) is 1. The van der Waals surface area contributed by atoms with Crippen LogP contribution in [0.15, 0.2) is 60.7 Å². The summed E-state index contributed by atoms with van der Waals surface area (Å²) in [5.41, 5.74) is 8.11. The van der Waals surface area contributed by atoms with Crippen LogP contribution in [0.1, 0.15) is 30.2 Å². The number of hydrogen-bond acceptors (Lipinski definition) is 3. The van der Waals surface area contributed by atoms with E-state index in [9.17, 15) is 4.79 Å². The molecule has 0 radical (unpaired) electrons. The Labute approximate surface area is 136 Å². The lowest BCUT2D eigenvalue weighted by molar-refractivity contribution is -0.146. The molecule has 0 aromatic heterocycles. The predicted octanol–water partition coefficient (Wildman–Crippen LogP) is 2.68. The fourth-order valence-corrected chi connectivity index (χ4v) is 2.91. The summed E-state index contributed by atoms with van der Waals surface area (Å²) in [6.45, 7) is 3.05. The van der Waals surface area contributed by atoms with Crippen LogP contribution in [0.25, 0.3) is 0 Å². The lowest BCUT2D eigenvalue weighted by atomic mass is 10.0. The van der Waals surface area contributed by atoms with Crippen LogP contribution in [0.5, 0.6) is 0 Å². The molecule has 1 aliphatic rings. The molecule has 0 bridgehead atoms. The van der Waals surface area contributed by atoms with Gasteiger partial charge in [0.1, 0.15) is 12.1 Å². The van der Waals surface area contributed by atoms with Crippen molar-refractivity contribution in [2.45, 2.75) is 25.1 Å². The summed E-state index contributed by atoms with van der Waals surface area (Å²) < 4.78 is 5.91. The average molecular weight is 310 g/mol. The van der Waals surface area contributed by atoms with Crippen LogP contribution < -0.4 is 5.73 Å². The van der Waals surface area contributed by atoms with Gasteiger partial charge in [-0.05, 0) is 18.1 Å². The monoisotopic (exact) mass is 310 g/mol. The summed E-state index contributed by atoms with van der Waals surface area (Å²) in [6, 6.07) is 18.9. The molecule has 1 heterocycles. The topological polar surface area (TPSA) is 55.6 Å². The Balaban J connectivity index is 1.76. The highest BCUT2D eigenvalue weighted by Gasteiger charge is 2.33. The fraction of sp³-hybridized carbons (Fsp3) is 0.316. The van der Waals surface area contributed by atoms with Crippen molar-refractivity contribution in [1.29, 1.82) is 0 Å². The SMILES string of the molecule is C[C@@H]1CO[C@H](c2ccccc2)CN1C(=O)[C@H](N)c1ccccc1. The molecular weight excluding hydrogens is 288 g/mol. The zero-order chi connectivity index (χ0) is 16.2. The van der Waals surface area contributed by atoms with E-state index in [0.29, 0.717) is 13.2 Å². The van der Waals surface area contributed by atoms with Gasteiger partial charge in [0.05, 0.1) is 19.2 Å². The van der Waals surface area contributed by atoms with E-state index < -0.39 is 6.04 Å². The zero-order valence-corrected chi connectivity index (χ0v) is 13.3. The van der Waals surface area contributed by atoms with E-state index in [1.807, 2.05) is 72.5 Å². The van der Waals surface area contributed by atoms with Crippen molar-refractivity contribution in [2.24, 2.45) is 5.73 Å². The van der Waals surface area contributed by atoms with Crippen molar-refractivity contribution >= 4 is 5.91 Å². The lowest BCUT2D eigenvalue weighted by Crippen LogP contribution is -2.51. The van der Waals surface area contributed by atoms with E-state index in [-0.39, 0.29) is 18.1 Å². The maximum Gasteiger partial charge on any atom is 0.244 e. The molecule has 1 amide bonds. The molecule has 0 aliphatic carbocycles. The first-order chi connectivity index (χ1) is 11.2. The Kier molecular flexibility index (Phi) is 4.74. The smallest absolute Gasteiger partial charge is 0.244 e. The van der Waals surface area contributed by atoms with Crippen molar-refractivity contribution < 1.29 is 9.53 Å². The predicted molar refractivity (Wildman–Crippen MR) is 89.7 cm³/mol. The van der Waals surface area contributed by atoms with Gasteiger partial charge in [-0.2, -0.15) is 0 Å². The molecule has 0 unspecified atom stereocenters. The molecular formula is C19H22N2O2. The normalized spacial score (nSPS) is 22.6. The molecule has 4 nitrogen and oxygen atoms in total. The van der Waals surface area contributed by atoms with Gasteiger partial charge in [-0.15, -0.1) is 0 Å². The minimum absolute atomic E-state index is 0.0252. The average Bonchev–Trinajstić information content (AvgIpc) is 2.62. The van der Waals surface area contributed by atoms with Gasteiger partial charge in [0.25, 0.3) is 0 Å². The van der Waals surface area contributed by atoms with Gasteiger partial charge in [-0.25, -0.2) is 0 Å². The lowest BCUT2D eigenvalue weighted by Gasteiger charge is -2.39. The fourth-order valence-electron chi connectivity index (χ4n) is 2.91. The third-order valence-corrected chi connectivity index (χ3v) is 4.31. The number of hydrogen-bond donors (Lipinski definition) is 1. The van der Waals surface area contributed by atoms with Crippen LogP contribution >= 0.6 is 0 Å². The van der Waals surface area contributed by atoms with E-state index in [2.05, 4.69) is 0 Å². The van der Waals surface area contributed by atoms with Crippen LogP contribution in [0.4, 0.5) is 0 Å². The molecule has 1 aliphatic heterocycles. The molecule has 1 fully saturated rings. The van der Waals surface area contributed by atoms with E-state index in [4.69, 9.17) is 10.5 Å². The summed E-state index contributed by atoms with van der Waals surface area (Å²) in [5, 5.41) is 0. The Hall–Kier alpha value is -2.17. The highest BCUT2D eigenvalue weighted by Crippen LogP contribution is 2.26. The van der Waals surface area contributed by atoms with Gasteiger partial charge < -0.3 is 15.4 Å². The van der Waals surface area contributed by atoms with E-state index in [1.54, 1.807) is 0 Å². The molecule has 4 heteroatoms. The molecule has 2 aromatic carbocycles. The summed E-state index contributed by atoms with van der Waals surface area (Å²) in [7, 11) is 0. The minimum atomic E-state index is -0.631. The number of benzene rings is 2. The number of ether oxygens (including phenoxy) is 1. The van der Waals surface area contributed by atoms with Crippen molar-refractivity contribution in [3.8, 4) is 0 Å². The molecule has 2 aromatic rings. The highest BCUT2D eigenvalue weighted by molar-refractivity contribution is 5.83. The van der Waals surface area contributed by atoms with Gasteiger partial charge in [-0.3, -0.25) is 4.79 Å². The van der Waals surface area contributed by atoms with Crippen LogP contribution in [-0.4, -0.2) is 30.0 Å². The Morgan fingerprint density at radius 1 is 1.13 bits per heavy atom. The Morgan fingerprint density at radius 3 is 2.39 bits per heavy atom. The third kappa shape index (κ3) is 3.44. The minimum Gasteiger partial charge on any atom is -0.370 e. The molecule has 0 spiro atoms. The first-order valence-electron chi connectivity index (χ1n) is 7.94. The number of carbonyl (C=O) groups is 1. The van der Waals surface area contributed by atoms with E-state index in [1.165, 1.54) is 0 Å². The maximum absolute atomic E-state index is 12.8. The molecule has 1 saturated heterocycles. The van der Waals surface area contributed by atoms with E-state index >= 15 is 0 Å². The van der Waals surface area contributed by atoms with Crippen molar-refractivity contribution in [3.05, 3.63) is 71.8 Å². The summed E-state index contributed by atoms with van der Waals surface area (Å²) in [5.74, 6) is -0.0482. The number of nitrogens with two attached hydrogens (primary N) is 1. The van der Waals surface area contributed by atoms with Crippen molar-refractivity contribution in [2.75, 3.05) is 13.2 Å². The quantitative estimate of drug-likeness (QED) is 0.948. The second kappa shape index (κ2) is 6.94. The third-order valence-electron chi connectivity index (χ3n) is 4.31. The molecule has 23 heavy (non-hydrogen) atoms. The van der Waals surface area contributed by atoms with Gasteiger partial charge >= 0.3 is 0 Å². The Morgan fingerprint density at radius 2 is 1.74 bits per heavy atom.